The van der Waals surface area contributed by atoms with Crippen LogP contribution in [0.1, 0.15) is 24.2 Å². The molecule has 1 aromatic rings. The minimum atomic E-state index is -0.195. The SMILES string of the molecule is COc1cc(N)ccc1C(=O)NCCOC(C)C. The van der Waals surface area contributed by atoms with Crippen molar-refractivity contribution < 1.29 is 14.3 Å². The summed E-state index contributed by atoms with van der Waals surface area (Å²) in [6.07, 6.45) is 0.160. The van der Waals surface area contributed by atoms with Crippen molar-refractivity contribution in [2.45, 2.75) is 20.0 Å². The summed E-state index contributed by atoms with van der Waals surface area (Å²) in [6, 6.07) is 4.94. The van der Waals surface area contributed by atoms with Crippen molar-refractivity contribution in [1.82, 2.24) is 5.32 Å². The summed E-state index contributed by atoms with van der Waals surface area (Å²) < 4.78 is 10.5. The monoisotopic (exact) mass is 252 g/mol. The summed E-state index contributed by atoms with van der Waals surface area (Å²) in [4.78, 5) is 11.9. The second-order valence-electron chi connectivity index (χ2n) is 4.14. The standard InChI is InChI=1S/C13H20N2O3/c1-9(2)18-7-6-15-13(16)11-5-4-10(14)8-12(11)17-3/h4-5,8-9H,6-7,14H2,1-3H3,(H,15,16). The van der Waals surface area contributed by atoms with E-state index in [1.54, 1.807) is 18.2 Å². The summed E-state index contributed by atoms with van der Waals surface area (Å²) in [5.41, 5.74) is 6.66. The second-order valence-corrected chi connectivity index (χ2v) is 4.14. The third-order valence-electron chi connectivity index (χ3n) is 2.31. The second kappa shape index (κ2) is 6.86. The number of carbonyl (C=O) groups excluding carboxylic acids is 1. The first-order valence-corrected chi connectivity index (χ1v) is 5.88. The van der Waals surface area contributed by atoms with Gasteiger partial charge in [-0.15, -0.1) is 0 Å². The van der Waals surface area contributed by atoms with Gasteiger partial charge in [0.25, 0.3) is 5.91 Å². The molecule has 3 N–H and O–H groups in total. The van der Waals surface area contributed by atoms with Gasteiger partial charge in [-0.1, -0.05) is 0 Å². The van der Waals surface area contributed by atoms with Crippen molar-refractivity contribution in [3.05, 3.63) is 23.8 Å². The zero-order valence-corrected chi connectivity index (χ0v) is 11.0. The predicted molar refractivity (Wildman–Crippen MR) is 70.8 cm³/mol. The molecule has 0 heterocycles. The molecule has 0 atom stereocenters. The highest BCUT2D eigenvalue weighted by Gasteiger charge is 2.11. The summed E-state index contributed by atoms with van der Waals surface area (Å²) in [6.45, 7) is 4.85. The molecule has 0 aliphatic carbocycles. The molecule has 0 bridgehead atoms. The van der Waals surface area contributed by atoms with Gasteiger partial charge in [0.05, 0.1) is 25.4 Å². The van der Waals surface area contributed by atoms with Crippen molar-refractivity contribution in [1.29, 1.82) is 0 Å². The number of nitrogen functional groups attached to an aromatic ring is 1. The molecule has 0 radical (unpaired) electrons. The zero-order chi connectivity index (χ0) is 13.5. The molecular formula is C13H20N2O3. The van der Waals surface area contributed by atoms with E-state index in [0.717, 1.165) is 0 Å². The molecule has 0 saturated carbocycles. The average molecular weight is 252 g/mol. The minimum absolute atomic E-state index is 0.160. The van der Waals surface area contributed by atoms with Gasteiger partial charge in [0, 0.05) is 18.3 Å². The van der Waals surface area contributed by atoms with Gasteiger partial charge < -0.3 is 20.5 Å². The molecule has 0 fully saturated rings. The molecule has 1 rings (SSSR count). The fraction of sp³-hybridized carbons (Fsp3) is 0.462. The highest BCUT2D eigenvalue weighted by atomic mass is 16.5. The molecular weight excluding hydrogens is 232 g/mol. The van der Waals surface area contributed by atoms with Crippen LogP contribution in [0.4, 0.5) is 5.69 Å². The first-order valence-electron chi connectivity index (χ1n) is 5.88. The van der Waals surface area contributed by atoms with Gasteiger partial charge >= 0.3 is 0 Å². The largest absolute Gasteiger partial charge is 0.496 e. The lowest BCUT2D eigenvalue weighted by Gasteiger charge is -2.11. The average Bonchev–Trinajstić information content (AvgIpc) is 2.33. The Labute approximate surface area is 107 Å². The molecule has 1 amide bonds. The number of hydrogen-bond donors (Lipinski definition) is 2. The van der Waals surface area contributed by atoms with Crippen molar-refractivity contribution in [3.8, 4) is 5.75 Å². The summed E-state index contributed by atoms with van der Waals surface area (Å²) in [5.74, 6) is 0.275. The van der Waals surface area contributed by atoms with Crippen LogP contribution in [0.2, 0.25) is 0 Å². The number of hydrogen-bond acceptors (Lipinski definition) is 4. The van der Waals surface area contributed by atoms with E-state index < -0.39 is 0 Å². The van der Waals surface area contributed by atoms with E-state index in [4.69, 9.17) is 15.2 Å². The van der Waals surface area contributed by atoms with Crippen LogP contribution < -0.4 is 15.8 Å². The number of carbonyl (C=O) groups is 1. The van der Waals surface area contributed by atoms with Crippen molar-refractivity contribution in [3.63, 3.8) is 0 Å². The van der Waals surface area contributed by atoms with Crippen molar-refractivity contribution >= 4 is 11.6 Å². The highest BCUT2D eigenvalue weighted by Crippen LogP contribution is 2.21. The number of anilines is 1. The summed E-state index contributed by atoms with van der Waals surface area (Å²) in [7, 11) is 1.51. The van der Waals surface area contributed by atoms with Crippen molar-refractivity contribution in [2.75, 3.05) is 26.0 Å². The van der Waals surface area contributed by atoms with Crippen LogP contribution in [-0.4, -0.2) is 32.3 Å². The van der Waals surface area contributed by atoms with Crippen LogP contribution in [-0.2, 0) is 4.74 Å². The van der Waals surface area contributed by atoms with Crippen LogP contribution in [0.15, 0.2) is 18.2 Å². The molecule has 100 valence electrons. The number of nitrogens with two attached hydrogens (primary N) is 1. The Balaban J connectivity index is 2.56. The molecule has 0 aliphatic rings. The van der Waals surface area contributed by atoms with Gasteiger partial charge in [-0.2, -0.15) is 0 Å². The van der Waals surface area contributed by atoms with E-state index in [0.29, 0.717) is 30.2 Å². The van der Waals surface area contributed by atoms with Gasteiger partial charge in [-0.3, -0.25) is 4.79 Å². The first kappa shape index (κ1) is 14.3. The molecule has 0 saturated heterocycles. The fourth-order valence-corrected chi connectivity index (χ4v) is 1.45. The van der Waals surface area contributed by atoms with Gasteiger partial charge in [0.1, 0.15) is 5.75 Å². The van der Waals surface area contributed by atoms with E-state index in [9.17, 15) is 4.79 Å². The Morgan fingerprint density at radius 2 is 2.17 bits per heavy atom. The fourth-order valence-electron chi connectivity index (χ4n) is 1.45. The molecule has 18 heavy (non-hydrogen) atoms. The quantitative estimate of drug-likeness (QED) is 0.593. The van der Waals surface area contributed by atoms with Crippen molar-refractivity contribution in [2.24, 2.45) is 0 Å². The third kappa shape index (κ3) is 4.25. The number of methoxy groups -OCH3 is 1. The molecule has 0 spiro atoms. The Kier molecular flexibility index (Phi) is 5.45. The van der Waals surface area contributed by atoms with Gasteiger partial charge in [-0.05, 0) is 26.0 Å². The maximum atomic E-state index is 11.9. The maximum Gasteiger partial charge on any atom is 0.255 e. The predicted octanol–water partition coefficient (Wildman–Crippen LogP) is 1.43. The van der Waals surface area contributed by atoms with Crippen LogP contribution in [0.5, 0.6) is 5.75 Å². The topological polar surface area (TPSA) is 73.6 Å². The molecule has 0 aromatic heterocycles. The molecule has 0 aliphatic heterocycles. The van der Waals surface area contributed by atoms with Crippen LogP contribution in [0.3, 0.4) is 0 Å². The van der Waals surface area contributed by atoms with E-state index in [2.05, 4.69) is 5.32 Å². The van der Waals surface area contributed by atoms with Gasteiger partial charge in [-0.25, -0.2) is 0 Å². The zero-order valence-electron chi connectivity index (χ0n) is 11.0. The van der Waals surface area contributed by atoms with Crippen LogP contribution >= 0.6 is 0 Å². The van der Waals surface area contributed by atoms with Crippen LogP contribution in [0, 0.1) is 0 Å². The molecule has 0 unspecified atom stereocenters. The van der Waals surface area contributed by atoms with Gasteiger partial charge in [0.2, 0.25) is 0 Å². The van der Waals surface area contributed by atoms with E-state index in [1.807, 2.05) is 13.8 Å². The smallest absolute Gasteiger partial charge is 0.255 e. The lowest BCUT2D eigenvalue weighted by atomic mass is 10.1. The summed E-state index contributed by atoms with van der Waals surface area (Å²) >= 11 is 0. The molecule has 1 aromatic carbocycles. The third-order valence-corrected chi connectivity index (χ3v) is 2.31. The Morgan fingerprint density at radius 1 is 1.44 bits per heavy atom. The Hall–Kier alpha value is -1.75. The van der Waals surface area contributed by atoms with Gasteiger partial charge in [0.15, 0.2) is 0 Å². The maximum absolute atomic E-state index is 11.9. The summed E-state index contributed by atoms with van der Waals surface area (Å²) in [5, 5.41) is 2.76. The number of rotatable bonds is 6. The lowest BCUT2D eigenvalue weighted by Crippen LogP contribution is -2.28. The van der Waals surface area contributed by atoms with E-state index >= 15 is 0 Å². The highest BCUT2D eigenvalue weighted by molar-refractivity contribution is 5.97. The Morgan fingerprint density at radius 3 is 2.78 bits per heavy atom. The van der Waals surface area contributed by atoms with E-state index in [-0.39, 0.29) is 12.0 Å². The Bertz CT molecular complexity index is 405. The minimum Gasteiger partial charge on any atom is -0.496 e. The van der Waals surface area contributed by atoms with Crippen LogP contribution in [0.25, 0.3) is 0 Å². The number of nitrogens with one attached hydrogen (secondary N) is 1. The molecule has 5 nitrogen and oxygen atoms in total. The number of amides is 1. The normalized spacial score (nSPS) is 10.4. The van der Waals surface area contributed by atoms with E-state index in [1.165, 1.54) is 7.11 Å². The number of benzene rings is 1. The molecule has 5 heteroatoms. The first-order chi connectivity index (χ1) is 8.54. The lowest BCUT2D eigenvalue weighted by molar-refractivity contribution is 0.0745. The number of ether oxygens (including phenoxy) is 2.